The molecule has 3 heterocycles. The minimum absolute atomic E-state index is 0.0784. The average Bonchev–Trinajstić information content (AvgIpc) is 3.35. The van der Waals surface area contributed by atoms with Gasteiger partial charge >= 0.3 is 0 Å². The van der Waals surface area contributed by atoms with Gasteiger partial charge in [-0.15, -0.1) is 0 Å². The Bertz CT molecular complexity index is 1220. The van der Waals surface area contributed by atoms with Gasteiger partial charge in [-0.3, -0.25) is 9.48 Å². The van der Waals surface area contributed by atoms with Gasteiger partial charge in [0.15, 0.2) is 11.5 Å². The first-order chi connectivity index (χ1) is 16.0. The minimum atomic E-state index is -2.69. The van der Waals surface area contributed by atoms with Crippen LogP contribution in [0.25, 0.3) is 5.65 Å². The Morgan fingerprint density at radius 3 is 2.45 bits per heavy atom. The summed E-state index contributed by atoms with van der Waals surface area (Å²) in [5, 5.41) is 11.6. The van der Waals surface area contributed by atoms with Crippen molar-refractivity contribution in [3.63, 3.8) is 0 Å². The summed E-state index contributed by atoms with van der Waals surface area (Å²) in [7, 11) is 0. The second-order valence-electron chi connectivity index (χ2n) is 10.7. The van der Waals surface area contributed by atoms with Crippen molar-refractivity contribution in [2.75, 3.05) is 5.32 Å². The maximum atomic E-state index is 13.6. The lowest BCUT2D eigenvalue weighted by Crippen LogP contribution is -2.52. The molecular formula is C24H26F2N6O. The SMILES string of the molecule is O=C(Nc1ccn(C23CC4CC(CC(C4)C2)C3)n1)c1cnn2c(C(F)F)cc(C3CC3)nc12. The fourth-order valence-corrected chi connectivity index (χ4v) is 7.09. The molecule has 8 rings (SSSR count). The van der Waals surface area contributed by atoms with Crippen molar-refractivity contribution in [2.24, 2.45) is 17.8 Å². The average molecular weight is 453 g/mol. The first-order valence-corrected chi connectivity index (χ1v) is 12.0. The van der Waals surface area contributed by atoms with Crippen molar-refractivity contribution in [3.8, 4) is 0 Å². The molecule has 0 unspecified atom stereocenters. The lowest BCUT2D eigenvalue weighted by atomic mass is 9.53. The summed E-state index contributed by atoms with van der Waals surface area (Å²) in [6.45, 7) is 0. The number of anilines is 1. The fourth-order valence-electron chi connectivity index (χ4n) is 7.09. The van der Waals surface area contributed by atoms with Crippen molar-refractivity contribution < 1.29 is 13.6 Å². The molecule has 0 radical (unpaired) electrons. The number of halogens is 2. The van der Waals surface area contributed by atoms with E-state index in [0.29, 0.717) is 11.5 Å². The Hall–Kier alpha value is -2.84. The highest BCUT2D eigenvalue weighted by Gasteiger charge is 2.52. The summed E-state index contributed by atoms with van der Waals surface area (Å²) in [4.78, 5) is 17.6. The van der Waals surface area contributed by atoms with E-state index in [4.69, 9.17) is 5.10 Å². The van der Waals surface area contributed by atoms with Crippen LogP contribution in [0.3, 0.4) is 0 Å². The predicted octanol–water partition coefficient (Wildman–Crippen LogP) is 4.92. The number of alkyl halides is 2. The third-order valence-corrected chi connectivity index (χ3v) is 8.31. The van der Waals surface area contributed by atoms with Gasteiger partial charge in [-0.05, 0) is 75.2 Å². The van der Waals surface area contributed by atoms with Crippen LogP contribution >= 0.6 is 0 Å². The Morgan fingerprint density at radius 2 is 1.82 bits per heavy atom. The number of hydrogen-bond donors (Lipinski definition) is 1. The smallest absolute Gasteiger partial charge is 0.280 e. The Labute approximate surface area is 189 Å². The highest BCUT2D eigenvalue weighted by molar-refractivity contribution is 6.07. The highest BCUT2D eigenvalue weighted by atomic mass is 19.3. The molecule has 5 fully saturated rings. The Morgan fingerprint density at radius 1 is 1.12 bits per heavy atom. The van der Waals surface area contributed by atoms with Gasteiger partial charge in [0.1, 0.15) is 11.3 Å². The molecule has 0 spiro atoms. The van der Waals surface area contributed by atoms with Crippen LogP contribution < -0.4 is 5.32 Å². The molecule has 33 heavy (non-hydrogen) atoms. The van der Waals surface area contributed by atoms with E-state index in [0.717, 1.165) is 35.1 Å². The molecule has 3 aromatic heterocycles. The number of amides is 1. The van der Waals surface area contributed by atoms with Crippen molar-refractivity contribution in [2.45, 2.75) is 69.2 Å². The first kappa shape index (κ1) is 19.6. The minimum Gasteiger partial charge on any atom is -0.305 e. The third kappa shape index (κ3) is 3.11. The van der Waals surface area contributed by atoms with E-state index in [1.165, 1.54) is 50.8 Å². The largest absolute Gasteiger partial charge is 0.305 e. The number of nitrogens with zero attached hydrogens (tertiary/aromatic N) is 5. The molecule has 172 valence electrons. The van der Waals surface area contributed by atoms with Gasteiger partial charge in [0.2, 0.25) is 0 Å². The van der Waals surface area contributed by atoms with Crippen LogP contribution in [0, 0.1) is 17.8 Å². The molecular weight excluding hydrogens is 426 g/mol. The predicted molar refractivity (Wildman–Crippen MR) is 116 cm³/mol. The van der Waals surface area contributed by atoms with Crippen molar-refractivity contribution in [3.05, 3.63) is 41.5 Å². The molecule has 9 heteroatoms. The maximum absolute atomic E-state index is 13.6. The van der Waals surface area contributed by atoms with Crippen LogP contribution in [0.4, 0.5) is 14.6 Å². The summed E-state index contributed by atoms with van der Waals surface area (Å²) in [6, 6.07) is 3.24. The fraction of sp³-hybridized carbons (Fsp3) is 0.583. The standard InChI is InChI=1S/C24H26F2N6O/c25-21(26)19-8-18(16-1-2-16)28-22-17(12-27-32(19)22)23(33)29-20-3-4-31(30-20)24-9-13-5-14(10-24)7-15(6-13)11-24/h3-4,8,12-16,21H,1-2,5-7,9-11H2,(H,29,30,33). The van der Waals surface area contributed by atoms with Crippen LogP contribution in [0.2, 0.25) is 0 Å². The lowest BCUT2D eigenvalue weighted by Gasteiger charge is -2.56. The zero-order chi connectivity index (χ0) is 22.3. The number of rotatable bonds is 5. The van der Waals surface area contributed by atoms with Crippen LogP contribution in [-0.2, 0) is 5.54 Å². The van der Waals surface area contributed by atoms with E-state index < -0.39 is 12.3 Å². The van der Waals surface area contributed by atoms with Crippen molar-refractivity contribution in [1.29, 1.82) is 0 Å². The molecule has 0 aliphatic heterocycles. The monoisotopic (exact) mass is 452 g/mol. The molecule has 0 saturated heterocycles. The highest BCUT2D eigenvalue weighted by Crippen LogP contribution is 2.58. The third-order valence-electron chi connectivity index (χ3n) is 8.31. The zero-order valence-corrected chi connectivity index (χ0v) is 18.3. The normalized spacial score (nSPS) is 30.5. The number of aromatic nitrogens is 5. The van der Waals surface area contributed by atoms with Gasteiger partial charge in [-0.2, -0.15) is 10.2 Å². The molecule has 0 aromatic carbocycles. The van der Waals surface area contributed by atoms with Gasteiger partial charge in [0.05, 0.1) is 11.7 Å². The summed E-state index contributed by atoms with van der Waals surface area (Å²) in [5.74, 6) is 2.63. The zero-order valence-electron chi connectivity index (χ0n) is 18.3. The van der Waals surface area contributed by atoms with E-state index in [1.807, 2.05) is 12.3 Å². The second-order valence-corrected chi connectivity index (χ2v) is 10.7. The molecule has 4 bridgehead atoms. The number of carbonyl (C=O) groups is 1. The summed E-state index contributed by atoms with van der Waals surface area (Å²) in [6.07, 6.45) is 10.1. The summed E-state index contributed by atoms with van der Waals surface area (Å²) >= 11 is 0. The van der Waals surface area contributed by atoms with Gasteiger partial charge in [0.25, 0.3) is 12.3 Å². The molecule has 5 aliphatic carbocycles. The maximum Gasteiger partial charge on any atom is 0.280 e. The van der Waals surface area contributed by atoms with Gasteiger partial charge in [0, 0.05) is 23.9 Å². The van der Waals surface area contributed by atoms with Gasteiger partial charge in [-0.1, -0.05) is 0 Å². The van der Waals surface area contributed by atoms with Crippen LogP contribution in [0.15, 0.2) is 24.5 Å². The Kier molecular flexibility index (Phi) is 4.06. The molecule has 5 aliphatic rings. The van der Waals surface area contributed by atoms with E-state index in [-0.39, 0.29) is 28.4 Å². The second kappa shape index (κ2) is 6.84. The number of nitrogens with one attached hydrogen (secondary N) is 1. The van der Waals surface area contributed by atoms with Gasteiger partial charge in [-0.25, -0.2) is 18.3 Å². The van der Waals surface area contributed by atoms with Crippen LogP contribution in [0.5, 0.6) is 0 Å². The molecule has 0 atom stereocenters. The topological polar surface area (TPSA) is 77.1 Å². The molecule has 1 amide bonds. The van der Waals surface area contributed by atoms with Gasteiger partial charge < -0.3 is 5.32 Å². The lowest BCUT2D eigenvalue weighted by molar-refractivity contribution is -0.0492. The Balaban J connectivity index is 1.17. The number of fused-ring (bicyclic) bond motifs is 1. The van der Waals surface area contributed by atoms with Crippen molar-refractivity contribution in [1.82, 2.24) is 24.4 Å². The quantitative estimate of drug-likeness (QED) is 0.596. The number of carbonyl (C=O) groups excluding carboxylic acids is 1. The van der Waals surface area contributed by atoms with Crippen LogP contribution in [0.1, 0.15) is 85.5 Å². The van der Waals surface area contributed by atoms with Crippen molar-refractivity contribution >= 4 is 17.4 Å². The molecule has 3 aromatic rings. The molecule has 7 nitrogen and oxygen atoms in total. The first-order valence-electron chi connectivity index (χ1n) is 12.0. The number of hydrogen-bond acceptors (Lipinski definition) is 4. The summed E-state index contributed by atoms with van der Waals surface area (Å²) in [5.41, 5.74) is 0.816. The molecule has 5 saturated carbocycles. The van der Waals surface area contributed by atoms with E-state index >= 15 is 0 Å². The van der Waals surface area contributed by atoms with E-state index in [2.05, 4.69) is 20.1 Å². The molecule has 1 N–H and O–H groups in total. The van der Waals surface area contributed by atoms with Crippen LogP contribution in [-0.4, -0.2) is 30.3 Å². The van der Waals surface area contributed by atoms with E-state index in [9.17, 15) is 13.6 Å². The summed E-state index contributed by atoms with van der Waals surface area (Å²) < 4.78 is 30.4. The van der Waals surface area contributed by atoms with E-state index in [1.54, 1.807) is 0 Å².